The fourth-order valence-corrected chi connectivity index (χ4v) is 3.04. The molecule has 0 aliphatic carbocycles. The fraction of sp³-hybridized carbons (Fsp3) is 0.308. The van der Waals surface area contributed by atoms with Crippen LogP contribution in [0.1, 0.15) is 19.1 Å². The van der Waals surface area contributed by atoms with Gasteiger partial charge >= 0.3 is 52.5 Å². The van der Waals surface area contributed by atoms with Crippen molar-refractivity contribution < 1.29 is 9.13 Å². The molecule has 1 saturated heterocycles. The Labute approximate surface area is 124 Å². The first kappa shape index (κ1) is 15.1. The second-order valence-corrected chi connectivity index (χ2v) is 6.43. The Bertz CT molecular complexity index is 624. The third-order valence-electron chi connectivity index (χ3n) is 2.68. The van der Waals surface area contributed by atoms with Gasteiger partial charge in [0.1, 0.15) is 6.23 Å². The number of halogens is 1. The predicted octanol–water partition coefficient (Wildman–Crippen LogP) is 1.01. The molecule has 1 aliphatic rings. The summed E-state index contributed by atoms with van der Waals surface area (Å²) in [4.78, 5) is 23.8. The van der Waals surface area contributed by atoms with Gasteiger partial charge in [-0.1, -0.05) is 0 Å². The van der Waals surface area contributed by atoms with Gasteiger partial charge in [0.2, 0.25) is 5.82 Å². The fourth-order valence-electron chi connectivity index (χ4n) is 1.75. The summed E-state index contributed by atoms with van der Waals surface area (Å²) in [5.74, 6) is -0.972. The van der Waals surface area contributed by atoms with Gasteiger partial charge in [0.05, 0.1) is 6.20 Å². The van der Waals surface area contributed by atoms with E-state index in [1.54, 1.807) is 0 Å². The minimum atomic E-state index is -0.996. The van der Waals surface area contributed by atoms with Crippen molar-refractivity contribution in [2.75, 3.05) is 6.61 Å². The van der Waals surface area contributed by atoms with Crippen LogP contribution in [0.2, 0.25) is 0 Å². The van der Waals surface area contributed by atoms with Crippen molar-refractivity contribution in [3.05, 3.63) is 59.2 Å². The molecule has 20 heavy (non-hydrogen) atoms. The number of hydrogen-bond donors (Lipinski definition) is 1. The van der Waals surface area contributed by atoms with E-state index in [2.05, 4.69) is 26.4 Å². The number of hydrogen-bond acceptors (Lipinski definition) is 3. The van der Waals surface area contributed by atoms with Crippen molar-refractivity contribution in [3.8, 4) is 0 Å². The van der Waals surface area contributed by atoms with E-state index >= 15 is 0 Å². The number of H-pyrrole nitrogens is 1. The number of nitrogens with zero attached hydrogens (tertiary/aromatic N) is 1. The molecule has 106 valence electrons. The number of rotatable bonds is 1. The van der Waals surface area contributed by atoms with Gasteiger partial charge in [0.15, 0.2) is 0 Å². The standard InChI is InChI=1S/C8H9FN2O3.C5H5Te/c9-5-4-11(6-2-1-3-14-6)8(13)10-7(5)12;1-2-4-6-5-3-1/h4,6H,1-3H2,(H,10,12,13);1-5H/q;+1/t6-;/m1./s1. The summed E-state index contributed by atoms with van der Waals surface area (Å²) in [5.41, 5.74) is -1.63. The van der Waals surface area contributed by atoms with Crippen LogP contribution in [0.3, 0.4) is 0 Å². The Hall–Kier alpha value is -1.29. The molecule has 7 heteroatoms. The van der Waals surface area contributed by atoms with Crippen molar-refractivity contribution in [3.63, 3.8) is 0 Å². The van der Waals surface area contributed by atoms with Gasteiger partial charge in [-0.2, -0.15) is 4.39 Å². The Kier molecular flexibility index (Phi) is 5.65. The third kappa shape index (κ3) is 4.10. The van der Waals surface area contributed by atoms with Crippen molar-refractivity contribution in [2.45, 2.75) is 19.1 Å². The maximum absolute atomic E-state index is 12.9. The summed E-state index contributed by atoms with van der Waals surface area (Å²) in [6.07, 6.45) is 1.93. The first-order chi connectivity index (χ1) is 9.68. The second kappa shape index (κ2) is 7.48. The molecule has 2 aromatic rings. The first-order valence-electron chi connectivity index (χ1n) is 6.11. The van der Waals surface area contributed by atoms with Gasteiger partial charge in [-0.25, -0.2) is 4.79 Å². The van der Waals surface area contributed by atoms with Crippen molar-refractivity contribution >= 4 is 20.4 Å². The average Bonchev–Trinajstić information content (AvgIpc) is 2.99. The van der Waals surface area contributed by atoms with E-state index in [1.165, 1.54) is 0 Å². The third-order valence-corrected chi connectivity index (χ3v) is 4.47. The van der Waals surface area contributed by atoms with Gasteiger partial charge in [0, 0.05) is 6.61 Å². The van der Waals surface area contributed by atoms with E-state index in [1.807, 2.05) is 4.98 Å². The number of aromatic amines is 1. The molecule has 1 N–H and O–H groups in total. The van der Waals surface area contributed by atoms with Crippen molar-refractivity contribution in [2.24, 2.45) is 0 Å². The Morgan fingerprint density at radius 3 is 2.55 bits per heavy atom. The molecular formula is C13H14FN2O3Te+. The van der Waals surface area contributed by atoms with Gasteiger partial charge in [-0.3, -0.25) is 14.3 Å². The maximum atomic E-state index is 12.9. The molecule has 0 unspecified atom stereocenters. The zero-order chi connectivity index (χ0) is 14.4. The van der Waals surface area contributed by atoms with E-state index in [9.17, 15) is 14.0 Å². The number of aromatic nitrogens is 2. The zero-order valence-electron chi connectivity index (χ0n) is 10.6. The van der Waals surface area contributed by atoms with Crippen LogP contribution in [-0.4, -0.2) is 36.6 Å². The summed E-state index contributed by atoms with van der Waals surface area (Å²) in [6, 6.07) is 6.29. The zero-order valence-corrected chi connectivity index (χ0v) is 13.0. The van der Waals surface area contributed by atoms with E-state index in [0.717, 1.165) is 17.2 Å². The molecule has 0 spiro atoms. The molecule has 3 rings (SSSR count). The Morgan fingerprint density at radius 2 is 2.05 bits per heavy atom. The summed E-state index contributed by atoms with van der Waals surface area (Å²) in [5, 5.41) is 0. The molecule has 1 atom stereocenters. The first-order valence-corrected chi connectivity index (χ1v) is 8.80. The molecule has 1 aliphatic heterocycles. The molecular weight excluding hydrogens is 379 g/mol. The van der Waals surface area contributed by atoms with Crippen molar-refractivity contribution in [1.29, 1.82) is 0 Å². The van der Waals surface area contributed by atoms with Gasteiger partial charge < -0.3 is 4.74 Å². The molecule has 0 aromatic carbocycles. The normalized spacial score (nSPS) is 17.4. The molecule has 0 radical (unpaired) electrons. The van der Waals surface area contributed by atoms with Crippen LogP contribution >= 0.6 is 0 Å². The topological polar surface area (TPSA) is 64.1 Å². The van der Waals surface area contributed by atoms with E-state index < -0.39 is 23.3 Å². The monoisotopic (exact) mass is 395 g/mol. The molecule has 0 amide bonds. The molecule has 0 saturated carbocycles. The molecule has 3 heterocycles. The number of ether oxygens (including phenoxy) is 1. The van der Waals surface area contributed by atoms with Crippen LogP contribution in [-0.2, 0) is 4.74 Å². The van der Waals surface area contributed by atoms with E-state index in [4.69, 9.17) is 4.74 Å². The van der Waals surface area contributed by atoms with Crippen molar-refractivity contribution in [1.82, 2.24) is 9.55 Å². The average molecular weight is 393 g/mol. The van der Waals surface area contributed by atoms with Gasteiger partial charge in [0.25, 0.3) is 5.56 Å². The van der Waals surface area contributed by atoms with Crippen LogP contribution in [0.4, 0.5) is 4.39 Å². The van der Waals surface area contributed by atoms with E-state index in [0.29, 0.717) is 13.0 Å². The molecule has 0 bridgehead atoms. The summed E-state index contributed by atoms with van der Waals surface area (Å²) in [6.45, 7) is 0.553. The van der Waals surface area contributed by atoms with Crippen LogP contribution in [0.25, 0.3) is 0 Å². The molecule has 1 fully saturated rings. The SMILES string of the molecule is O=c1[nH]c(=O)n([C@H]2CCCO2)cc1F.c1cc[te+]cc1. The molecule has 5 nitrogen and oxygen atoms in total. The van der Waals surface area contributed by atoms with Gasteiger partial charge in [-0.15, -0.1) is 0 Å². The summed E-state index contributed by atoms with van der Waals surface area (Å²) < 4.78 is 23.6. The number of nitrogens with one attached hydrogen (secondary N) is 1. The predicted molar refractivity (Wildman–Crippen MR) is 73.3 cm³/mol. The van der Waals surface area contributed by atoms with E-state index in [-0.39, 0.29) is 20.4 Å². The quantitative estimate of drug-likeness (QED) is 0.737. The van der Waals surface area contributed by atoms with Crippen LogP contribution in [0, 0.1) is 5.82 Å². The Morgan fingerprint density at radius 1 is 1.30 bits per heavy atom. The molecule has 2 aromatic heterocycles. The Balaban J connectivity index is 0.000000205. The second-order valence-electron chi connectivity index (χ2n) is 4.10. The van der Waals surface area contributed by atoms with Crippen LogP contribution in [0.15, 0.2) is 42.1 Å². The van der Waals surface area contributed by atoms with Crippen LogP contribution in [0.5, 0.6) is 0 Å². The van der Waals surface area contributed by atoms with Crippen LogP contribution < -0.4 is 11.2 Å². The van der Waals surface area contributed by atoms with Gasteiger partial charge in [-0.05, 0) is 12.8 Å². The summed E-state index contributed by atoms with van der Waals surface area (Å²) in [7, 11) is 0. The minimum absolute atomic E-state index is 0.180. The summed E-state index contributed by atoms with van der Waals surface area (Å²) >= 11 is 0.180.